The summed E-state index contributed by atoms with van der Waals surface area (Å²) in [5.74, 6) is 0. The van der Waals surface area contributed by atoms with Crippen LogP contribution in [0.15, 0.2) is 11.6 Å². The van der Waals surface area contributed by atoms with Crippen LogP contribution in [0.5, 0.6) is 0 Å². The molecule has 0 saturated carbocycles. The smallest absolute Gasteiger partial charge is 0.315 e. The lowest BCUT2D eigenvalue weighted by atomic mass is 10.0. The molecule has 1 heterocycles. The molecule has 1 N–H and O–H groups in total. The van der Waals surface area contributed by atoms with E-state index in [4.69, 9.17) is 0 Å². The van der Waals surface area contributed by atoms with Gasteiger partial charge in [0.05, 0.1) is 0 Å². The quantitative estimate of drug-likeness (QED) is 0.567. The van der Waals surface area contributed by atoms with Crippen molar-refractivity contribution in [3.63, 3.8) is 0 Å². The lowest BCUT2D eigenvalue weighted by Gasteiger charge is -2.34. The van der Waals surface area contributed by atoms with Gasteiger partial charge >= 0.3 is 6.18 Å². The highest BCUT2D eigenvalue weighted by molar-refractivity contribution is 5.13. The van der Waals surface area contributed by atoms with Gasteiger partial charge < -0.3 is 5.32 Å². The molecule has 0 saturated heterocycles. The maximum absolute atomic E-state index is 12.6. The van der Waals surface area contributed by atoms with Gasteiger partial charge in [0.15, 0.2) is 0 Å². The second-order valence-electron chi connectivity index (χ2n) is 5.12. The van der Waals surface area contributed by atoms with Gasteiger partial charge in [0.1, 0.15) is 0 Å². The van der Waals surface area contributed by atoms with Gasteiger partial charge in [-0.05, 0) is 25.8 Å². The van der Waals surface area contributed by atoms with Crippen LogP contribution in [-0.2, 0) is 0 Å². The van der Waals surface area contributed by atoms with E-state index in [0.29, 0.717) is 19.1 Å². The van der Waals surface area contributed by atoms with E-state index in [1.165, 1.54) is 6.08 Å². The average Bonchev–Trinajstić information content (AvgIpc) is 2.37. The highest BCUT2D eigenvalue weighted by atomic mass is 19.4. The van der Waals surface area contributed by atoms with Crippen LogP contribution in [0, 0.1) is 0 Å². The summed E-state index contributed by atoms with van der Waals surface area (Å²) in [7, 11) is 0. The molecular weight excluding hydrogens is 253 g/mol. The van der Waals surface area contributed by atoms with Gasteiger partial charge in [0, 0.05) is 31.2 Å². The van der Waals surface area contributed by atoms with E-state index in [1.807, 2.05) is 0 Å². The zero-order valence-corrected chi connectivity index (χ0v) is 11.9. The van der Waals surface area contributed by atoms with Crippen LogP contribution in [0.3, 0.4) is 0 Å². The third-order valence-electron chi connectivity index (χ3n) is 3.55. The fraction of sp³-hybridized carbons (Fsp3) is 0.857. The van der Waals surface area contributed by atoms with Gasteiger partial charge in [0.25, 0.3) is 0 Å². The predicted octanol–water partition coefficient (Wildman–Crippen LogP) is 3.35. The van der Waals surface area contributed by atoms with Crippen molar-refractivity contribution < 1.29 is 13.2 Å². The third kappa shape index (κ3) is 5.53. The van der Waals surface area contributed by atoms with E-state index >= 15 is 0 Å². The average molecular weight is 278 g/mol. The summed E-state index contributed by atoms with van der Waals surface area (Å²) in [5, 5.41) is 3.37. The van der Waals surface area contributed by atoms with Crippen molar-refractivity contribution >= 4 is 0 Å². The van der Waals surface area contributed by atoms with E-state index in [-0.39, 0.29) is 12.0 Å². The SMILES string of the molecule is CCCNCC(CCC)N1CC=C(C(F)(F)F)CC1. The number of hydrogen-bond acceptors (Lipinski definition) is 2. The van der Waals surface area contributed by atoms with Crippen molar-refractivity contribution in [2.75, 3.05) is 26.2 Å². The molecule has 0 fully saturated rings. The standard InChI is InChI=1S/C14H25F3N2/c1-3-5-13(11-18-8-4-2)19-9-6-12(7-10-19)14(15,16)17/h6,13,18H,3-5,7-11H2,1-2H3. The zero-order valence-electron chi connectivity index (χ0n) is 11.9. The first-order chi connectivity index (χ1) is 8.99. The maximum Gasteiger partial charge on any atom is 0.412 e. The Hall–Kier alpha value is -0.550. The van der Waals surface area contributed by atoms with Gasteiger partial charge in [-0.25, -0.2) is 0 Å². The van der Waals surface area contributed by atoms with Gasteiger partial charge in [0.2, 0.25) is 0 Å². The van der Waals surface area contributed by atoms with Crippen LogP contribution in [0.2, 0.25) is 0 Å². The van der Waals surface area contributed by atoms with Gasteiger partial charge in [-0.2, -0.15) is 13.2 Å². The Morgan fingerprint density at radius 3 is 2.53 bits per heavy atom. The number of hydrogen-bond donors (Lipinski definition) is 1. The summed E-state index contributed by atoms with van der Waals surface area (Å²) in [6.07, 6.45) is 0.504. The van der Waals surface area contributed by atoms with Gasteiger partial charge in [-0.1, -0.05) is 26.3 Å². The van der Waals surface area contributed by atoms with Crippen molar-refractivity contribution in [1.82, 2.24) is 10.2 Å². The molecule has 1 rings (SSSR count). The van der Waals surface area contributed by atoms with Crippen molar-refractivity contribution in [3.8, 4) is 0 Å². The lowest BCUT2D eigenvalue weighted by Crippen LogP contribution is -2.45. The molecule has 19 heavy (non-hydrogen) atoms. The molecular formula is C14H25F3N2. The van der Waals surface area contributed by atoms with Crippen LogP contribution in [-0.4, -0.2) is 43.3 Å². The lowest BCUT2D eigenvalue weighted by molar-refractivity contribution is -0.0964. The summed E-state index contributed by atoms with van der Waals surface area (Å²) in [4.78, 5) is 2.17. The molecule has 0 amide bonds. The number of nitrogens with zero attached hydrogens (tertiary/aromatic N) is 1. The minimum atomic E-state index is -4.15. The predicted molar refractivity (Wildman–Crippen MR) is 72.2 cm³/mol. The van der Waals surface area contributed by atoms with Crippen LogP contribution in [0.25, 0.3) is 0 Å². The van der Waals surface area contributed by atoms with Crippen molar-refractivity contribution in [3.05, 3.63) is 11.6 Å². The number of nitrogens with one attached hydrogen (secondary N) is 1. The molecule has 5 heteroatoms. The largest absolute Gasteiger partial charge is 0.412 e. The van der Waals surface area contributed by atoms with E-state index < -0.39 is 6.18 Å². The first kappa shape index (κ1) is 16.5. The Balaban J connectivity index is 2.51. The second-order valence-corrected chi connectivity index (χ2v) is 5.12. The first-order valence-corrected chi connectivity index (χ1v) is 7.20. The van der Waals surface area contributed by atoms with Crippen LogP contribution in [0.1, 0.15) is 39.5 Å². The highest BCUT2D eigenvalue weighted by Gasteiger charge is 2.35. The van der Waals surface area contributed by atoms with Crippen molar-refractivity contribution in [2.45, 2.75) is 51.7 Å². The number of rotatable bonds is 7. The number of halogens is 3. The summed E-state index contributed by atoms with van der Waals surface area (Å²) in [6, 6.07) is 0.350. The van der Waals surface area contributed by atoms with E-state index in [1.54, 1.807) is 0 Å². The fourth-order valence-corrected chi connectivity index (χ4v) is 2.47. The molecule has 1 aliphatic rings. The Bertz CT molecular complexity index is 287. The Morgan fingerprint density at radius 1 is 1.32 bits per heavy atom. The fourth-order valence-electron chi connectivity index (χ4n) is 2.47. The molecule has 1 atom stereocenters. The zero-order chi connectivity index (χ0) is 14.3. The minimum absolute atomic E-state index is 0.123. The summed E-state index contributed by atoms with van der Waals surface area (Å²) < 4.78 is 37.7. The molecule has 1 aliphatic heterocycles. The third-order valence-corrected chi connectivity index (χ3v) is 3.55. The molecule has 0 spiro atoms. The Kier molecular flexibility index (Phi) is 6.86. The Labute approximate surface area is 114 Å². The highest BCUT2D eigenvalue weighted by Crippen LogP contribution is 2.30. The summed E-state index contributed by atoms with van der Waals surface area (Å²) >= 11 is 0. The Morgan fingerprint density at radius 2 is 2.05 bits per heavy atom. The van der Waals surface area contributed by atoms with E-state index in [9.17, 15) is 13.2 Å². The number of alkyl halides is 3. The molecule has 0 aliphatic carbocycles. The van der Waals surface area contributed by atoms with E-state index in [0.717, 1.165) is 32.4 Å². The molecule has 112 valence electrons. The van der Waals surface area contributed by atoms with E-state index in [2.05, 4.69) is 24.1 Å². The van der Waals surface area contributed by atoms with Gasteiger partial charge in [-0.3, -0.25) is 4.90 Å². The van der Waals surface area contributed by atoms with Crippen LogP contribution in [0.4, 0.5) is 13.2 Å². The molecule has 0 aromatic carbocycles. The topological polar surface area (TPSA) is 15.3 Å². The van der Waals surface area contributed by atoms with Gasteiger partial charge in [-0.15, -0.1) is 0 Å². The normalized spacial score (nSPS) is 19.3. The molecule has 0 bridgehead atoms. The second kappa shape index (κ2) is 7.90. The minimum Gasteiger partial charge on any atom is -0.315 e. The molecule has 0 radical (unpaired) electrons. The molecule has 2 nitrogen and oxygen atoms in total. The van der Waals surface area contributed by atoms with Crippen molar-refractivity contribution in [2.24, 2.45) is 0 Å². The molecule has 0 aromatic heterocycles. The van der Waals surface area contributed by atoms with Crippen LogP contribution < -0.4 is 5.32 Å². The van der Waals surface area contributed by atoms with Crippen LogP contribution >= 0.6 is 0 Å². The summed E-state index contributed by atoms with van der Waals surface area (Å²) in [6.45, 7) is 7.01. The maximum atomic E-state index is 12.6. The first-order valence-electron chi connectivity index (χ1n) is 7.20. The van der Waals surface area contributed by atoms with Crippen molar-refractivity contribution in [1.29, 1.82) is 0 Å². The molecule has 0 aromatic rings. The summed E-state index contributed by atoms with van der Waals surface area (Å²) in [5.41, 5.74) is -0.361. The molecule has 1 unspecified atom stereocenters. The monoisotopic (exact) mass is 278 g/mol.